The van der Waals surface area contributed by atoms with Crippen LogP contribution in [0.15, 0.2) is 70.6 Å². The molecule has 0 saturated carbocycles. The first kappa shape index (κ1) is 17.1. The molecule has 0 saturated heterocycles. The van der Waals surface area contributed by atoms with Crippen LogP contribution in [-0.2, 0) is 10.0 Å². The van der Waals surface area contributed by atoms with E-state index in [1.54, 1.807) is 24.4 Å². The zero-order valence-corrected chi connectivity index (χ0v) is 14.4. The Hall–Kier alpha value is -2.70. The lowest BCUT2D eigenvalue weighted by Gasteiger charge is -2.09. The third-order valence-electron chi connectivity index (χ3n) is 4.07. The Labute approximate surface area is 146 Å². The van der Waals surface area contributed by atoms with Gasteiger partial charge in [-0.15, -0.1) is 0 Å². The summed E-state index contributed by atoms with van der Waals surface area (Å²) in [5.74, 6) is 0.166. The predicted octanol–water partition coefficient (Wildman–Crippen LogP) is 3.37. The number of phenols is 1. The topological polar surface area (TPSA) is 92.8 Å². The Kier molecular flexibility index (Phi) is 4.57. The summed E-state index contributed by atoms with van der Waals surface area (Å²) in [5.41, 5.74) is 1.51. The highest BCUT2D eigenvalue weighted by Crippen LogP contribution is 2.26. The Balaban J connectivity index is 1.91. The van der Waals surface area contributed by atoms with E-state index in [2.05, 4.69) is 4.99 Å². The summed E-state index contributed by atoms with van der Waals surface area (Å²) in [7, 11) is -3.70. The van der Waals surface area contributed by atoms with Crippen LogP contribution in [0, 0.1) is 0 Å². The molecule has 128 valence electrons. The van der Waals surface area contributed by atoms with E-state index in [0.717, 1.165) is 16.3 Å². The summed E-state index contributed by atoms with van der Waals surface area (Å²) >= 11 is 0. The molecule has 3 aromatic rings. The number of sulfonamides is 1. The number of aliphatic imine (C=N–C) groups is 1. The fourth-order valence-electron chi connectivity index (χ4n) is 2.63. The fraction of sp³-hybridized carbons (Fsp3) is 0.105. The van der Waals surface area contributed by atoms with Gasteiger partial charge in [-0.05, 0) is 41.5 Å². The van der Waals surface area contributed by atoms with Crippen LogP contribution in [0.5, 0.6) is 5.75 Å². The number of fused-ring (bicyclic) bond motifs is 1. The largest absolute Gasteiger partial charge is 0.507 e. The molecule has 0 aliphatic carbocycles. The second kappa shape index (κ2) is 6.66. The first-order chi connectivity index (χ1) is 11.9. The molecule has 0 radical (unpaired) electrons. The molecule has 1 atom stereocenters. The zero-order chi connectivity index (χ0) is 18.0. The molecule has 0 bridgehead atoms. The lowest BCUT2D eigenvalue weighted by atomic mass is 10.0. The van der Waals surface area contributed by atoms with Gasteiger partial charge in [-0.25, -0.2) is 13.6 Å². The quantitative estimate of drug-likeness (QED) is 0.704. The Morgan fingerprint density at radius 1 is 1.04 bits per heavy atom. The highest BCUT2D eigenvalue weighted by Gasteiger charge is 2.10. The van der Waals surface area contributed by atoms with Crippen molar-refractivity contribution in [3.8, 4) is 5.75 Å². The Bertz CT molecular complexity index is 1040. The van der Waals surface area contributed by atoms with E-state index in [0.29, 0.717) is 5.56 Å². The molecule has 0 heterocycles. The summed E-state index contributed by atoms with van der Waals surface area (Å²) < 4.78 is 22.6. The minimum absolute atomic E-state index is 0.0686. The summed E-state index contributed by atoms with van der Waals surface area (Å²) in [6.45, 7) is 1.89. The summed E-state index contributed by atoms with van der Waals surface area (Å²) in [4.78, 5) is 4.57. The van der Waals surface area contributed by atoms with Crippen molar-refractivity contribution in [1.29, 1.82) is 0 Å². The average molecular weight is 354 g/mol. The van der Waals surface area contributed by atoms with Gasteiger partial charge in [-0.3, -0.25) is 4.99 Å². The maximum atomic E-state index is 11.3. The van der Waals surface area contributed by atoms with Crippen LogP contribution in [0.3, 0.4) is 0 Å². The van der Waals surface area contributed by atoms with Crippen LogP contribution >= 0.6 is 0 Å². The SMILES string of the molecule is C[C@@H](N=Cc1c(O)ccc2ccccc12)c1ccc(S(N)(=O)=O)cc1. The van der Waals surface area contributed by atoms with Crippen LogP contribution in [0.1, 0.15) is 24.1 Å². The van der Waals surface area contributed by atoms with Crippen LogP contribution in [-0.4, -0.2) is 19.7 Å². The number of hydrogen-bond acceptors (Lipinski definition) is 4. The average Bonchev–Trinajstić information content (AvgIpc) is 2.60. The lowest BCUT2D eigenvalue weighted by Crippen LogP contribution is -2.12. The van der Waals surface area contributed by atoms with E-state index in [-0.39, 0.29) is 16.7 Å². The lowest BCUT2D eigenvalue weighted by molar-refractivity contribution is 0.475. The number of hydrogen-bond donors (Lipinski definition) is 2. The van der Waals surface area contributed by atoms with E-state index in [9.17, 15) is 13.5 Å². The highest BCUT2D eigenvalue weighted by atomic mass is 32.2. The zero-order valence-electron chi connectivity index (χ0n) is 13.6. The molecule has 0 spiro atoms. The normalized spacial score (nSPS) is 13.4. The Morgan fingerprint density at radius 3 is 2.40 bits per heavy atom. The summed E-state index contributed by atoms with van der Waals surface area (Å²) in [6.07, 6.45) is 1.65. The third-order valence-corrected chi connectivity index (χ3v) is 5.00. The van der Waals surface area contributed by atoms with Gasteiger partial charge in [0.2, 0.25) is 10.0 Å². The van der Waals surface area contributed by atoms with Gasteiger partial charge in [-0.2, -0.15) is 0 Å². The molecule has 25 heavy (non-hydrogen) atoms. The number of nitrogens with zero attached hydrogens (tertiary/aromatic N) is 1. The molecule has 3 rings (SSSR count). The van der Waals surface area contributed by atoms with E-state index < -0.39 is 10.0 Å². The molecule has 0 aliphatic heterocycles. The van der Waals surface area contributed by atoms with E-state index >= 15 is 0 Å². The van der Waals surface area contributed by atoms with Gasteiger partial charge < -0.3 is 5.11 Å². The van der Waals surface area contributed by atoms with Crippen LogP contribution in [0.4, 0.5) is 0 Å². The third kappa shape index (κ3) is 3.70. The highest BCUT2D eigenvalue weighted by molar-refractivity contribution is 7.89. The van der Waals surface area contributed by atoms with Crippen molar-refractivity contribution in [3.05, 3.63) is 71.8 Å². The summed E-state index contributed by atoms with van der Waals surface area (Å²) in [5, 5.41) is 17.2. The fourth-order valence-corrected chi connectivity index (χ4v) is 3.14. The van der Waals surface area contributed by atoms with Gasteiger partial charge in [0.15, 0.2) is 0 Å². The number of aromatic hydroxyl groups is 1. The molecule has 5 nitrogen and oxygen atoms in total. The summed E-state index contributed by atoms with van der Waals surface area (Å²) in [6, 6.07) is 17.4. The molecule has 0 aromatic heterocycles. The predicted molar refractivity (Wildman–Crippen MR) is 99.4 cm³/mol. The van der Waals surface area contributed by atoms with Crippen molar-refractivity contribution in [1.82, 2.24) is 0 Å². The molecule has 6 heteroatoms. The number of rotatable bonds is 4. The maximum absolute atomic E-state index is 11.3. The van der Waals surface area contributed by atoms with Gasteiger partial charge in [0.25, 0.3) is 0 Å². The molecule has 0 fully saturated rings. The van der Waals surface area contributed by atoms with Gasteiger partial charge in [0, 0.05) is 11.8 Å². The number of benzene rings is 3. The van der Waals surface area contributed by atoms with E-state index in [4.69, 9.17) is 5.14 Å². The van der Waals surface area contributed by atoms with Crippen LogP contribution in [0.25, 0.3) is 10.8 Å². The minimum Gasteiger partial charge on any atom is -0.507 e. The molecule has 0 amide bonds. The molecular formula is C19H18N2O3S. The smallest absolute Gasteiger partial charge is 0.238 e. The molecular weight excluding hydrogens is 336 g/mol. The van der Waals surface area contributed by atoms with Crippen molar-refractivity contribution in [2.45, 2.75) is 17.9 Å². The first-order valence-corrected chi connectivity index (χ1v) is 9.27. The minimum atomic E-state index is -3.70. The van der Waals surface area contributed by atoms with Crippen LogP contribution in [0.2, 0.25) is 0 Å². The second-order valence-corrected chi connectivity index (χ2v) is 7.35. The number of phenolic OH excluding ortho intramolecular Hbond substituents is 1. The molecule has 3 aromatic carbocycles. The van der Waals surface area contributed by atoms with Crippen molar-refractivity contribution in [2.75, 3.05) is 0 Å². The van der Waals surface area contributed by atoms with Gasteiger partial charge in [0.1, 0.15) is 5.75 Å². The van der Waals surface area contributed by atoms with Gasteiger partial charge >= 0.3 is 0 Å². The van der Waals surface area contributed by atoms with Gasteiger partial charge in [-0.1, -0.05) is 42.5 Å². The number of nitrogens with two attached hydrogens (primary N) is 1. The standard InChI is InChI=1S/C19H18N2O3S/c1-13(14-6-9-16(10-7-14)25(20,23)24)21-12-18-17-5-3-2-4-15(17)8-11-19(18)22/h2-13,22H,1H3,(H2,20,23,24)/t13-/m1/s1. The van der Waals surface area contributed by atoms with Crippen molar-refractivity contribution >= 4 is 27.0 Å². The molecule has 0 unspecified atom stereocenters. The van der Waals surface area contributed by atoms with E-state index in [1.165, 1.54) is 12.1 Å². The van der Waals surface area contributed by atoms with E-state index in [1.807, 2.05) is 37.3 Å². The van der Waals surface area contributed by atoms with Crippen molar-refractivity contribution < 1.29 is 13.5 Å². The number of primary sulfonamides is 1. The monoisotopic (exact) mass is 354 g/mol. The maximum Gasteiger partial charge on any atom is 0.238 e. The first-order valence-electron chi connectivity index (χ1n) is 7.73. The van der Waals surface area contributed by atoms with Crippen molar-refractivity contribution in [2.24, 2.45) is 10.1 Å². The van der Waals surface area contributed by atoms with Crippen LogP contribution < -0.4 is 5.14 Å². The molecule has 3 N–H and O–H groups in total. The second-order valence-electron chi connectivity index (χ2n) is 5.79. The molecule has 0 aliphatic rings. The van der Waals surface area contributed by atoms with Gasteiger partial charge in [0.05, 0.1) is 10.9 Å². The van der Waals surface area contributed by atoms with Crippen molar-refractivity contribution in [3.63, 3.8) is 0 Å². The Morgan fingerprint density at radius 2 is 1.72 bits per heavy atom.